The monoisotopic (exact) mass is 808 g/mol. The molecule has 2 unspecified atom stereocenters. The minimum absolute atomic E-state index is 0. The van der Waals surface area contributed by atoms with Crippen molar-refractivity contribution in [1.29, 1.82) is 0 Å². The summed E-state index contributed by atoms with van der Waals surface area (Å²) in [6, 6.07) is 19.2. The van der Waals surface area contributed by atoms with Crippen LogP contribution in [-0.4, -0.2) is 70.6 Å². The predicted molar refractivity (Wildman–Crippen MR) is 175 cm³/mol. The van der Waals surface area contributed by atoms with Gasteiger partial charge in [-0.3, -0.25) is 14.5 Å². The Hall–Kier alpha value is -2.13. The summed E-state index contributed by atoms with van der Waals surface area (Å²) in [5.41, 5.74) is 1.94. The first-order valence-electron chi connectivity index (χ1n) is 16.5. The summed E-state index contributed by atoms with van der Waals surface area (Å²) >= 11 is 0. The molecule has 0 spiro atoms. The maximum absolute atomic E-state index is 12.0. The predicted octanol–water partition coefficient (Wildman–Crippen LogP) is 6.19. The molecule has 0 bridgehead atoms. The molecule has 9 heteroatoms. The minimum Gasteiger partial charge on any atom is -0.461 e. The van der Waals surface area contributed by atoms with Crippen LogP contribution in [-0.2, 0) is 52.4 Å². The SMILES string of the molecule is CC.O=C(CCCCCC(O)CN(CCCCO)CC(O)CCCCCC(=O)OCc1ccccc1)OCc1ccccc1.[Ir]. The zero-order chi connectivity index (χ0) is 32.3. The topological polar surface area (TPSA) is 117 Å². The van der Waals surface area contributed by atoms with E-state index in [1.54, 1.807) is 0 Å². The average Bonchev–Trinajstić information content (AvgIpc) is 3.04. The third-order valence-corrected chi connectivity index (χ3v) is 7.14. The Labute approximate surface area is 284 Å². The molecule has 45 heavy (non-hydrogen) atoms. The maximum atomic E-state index is 12.0. The van der Waals surface area contributed by atoms with Crippen LogP contribution in [0, 0.1) is 0 Å². The van der Waals surface area contributed by atoms with Gasteiger partial charge in [0.15, 0.2) is 0 Å². The van der Waals surface area contributed by atoms with Gasteiger partial charge in [-0.1, -0.05) is 100 Å². The normalized spacial score (nSPS) is 12.0. The third kappa shape index (κ3) is 23.8. The van der Waals surface area contributed by atoms with Crippen LogP contribution in [0.1, 0.15) is 102 Å². The minimum atomic E-state index is -0.516. The first-order valence-corrected chi connectivity index (χ1v) is 16.5. The van der Waals surface area contributed by atoms with Crippen molar-refractivity contribution in [1.82, 2.24) is 4.90 Å². The number of carbonyl (C=O) groups is 2. The quantitative estimate of drug-likeness (QED) is 0.0850. The number of benzene rings is 2. The van der Waals surface area contributed by atoms with Crippen molar-refractivity contribution in [3.05, 3.63) is 71.8 Å². The second-order valence-corrected chi connectivity index (χ2v) is 11.0. The fourth-order valence-electron chi connectivity index (χ4n) is 4.76. The molecule has 2 aromatic rings. The van der Waals surface area contributed by atoms with Gasteiger partial charge in [0, 0.05) is 52.6 Å². The first kappa shape index (κ1) is 42.9. The molecule has 0 aliphatic carbocycles. The van der Waals surface area contributed by atoms with Gasteiger partial charge in [-0.25, -0.2) is 0 Å². The van der Waals surface area contributed by atoms with Crippen molar-refractivity contribution >= 4 is 11.9 Å². The van der Waals surface area contributed by atoms with E-state index in [4.69, 9.17) is 14.6 Å². The summed E-state index contributed by atoms with van der Waals surface area (Å²) in [5, 5.41) is 30.4. The van der Waals surface area contributed by atoms with Gasteiger partial charge in [-0.05, 0) is 56.2 Å². The van der Waals surface area contributed by atoms with Crippen molar-refractivity contribution < 1.29 is 54.5 Å². The maximum Gasteiger partial charge on any atom is 0.306 e. The third-order valence-electron chi connectivity index (χ3n) is 7.14. The summed E-state index contributed by atoms with van der Waals surface area (Å²) in [4.78, 5) is 26.0. The van der Waals surface area contributed by atoms with Crippen LogP contribution < -0.4 is 0 Å². The van der Waals surface area contributed by atoms with E-state index in [1.165, 1.54) is 0 Å². The first-order chi connectivity index (χ1) is 21.5. The number of hydrogen-bond acceptors (Lipinski definition) is 8. The van der Waals surface area contributed by atoms with E-state index >= 15 is 0 Å². The molecule has 0 heterocycles. The van der Waals surface area contributed by atoms with Crippen molar-refractivity contribution in [2.45, 2.75) is 116 Å². The molecule has 0 fully saturated rings. The van der Waals surface area contributed by atoms with E-state index in [-0.39, 0.29) is 38.7 Å². The van der Waals surface area contributed by atoms with Gasteiger partial charge in [0.25, 0.3) is 0 Å². The van der Waals surface area contributed by atoms with Gasteiger partial charge in [-0.2, -0.15) is 0 Å². The van der Waals surface area contributed by atoms with E-state index in [2.05, 4.69) is 4.90 Å². The van der Waals surface area contributed by atoms with Crippen LogP contribution in [0.2, 0.25) is 0 Å². The molecule has 2 atom stereocenters. The van der Waals surface area contributed by atoms with Crippen LogP contribution in [0.15, 0.2) is 60.7 Å². The van der Waals surface area contributed by atoms with Crippen molar-refractivity contribution in [2.24, 2.45) is 0 Å². The van der Waals surface area contributed by atoms with Gasteiger partial charge >= 0.3 is 11.9 Å². The number of nitrogens with zero attached hydrogens (tertiary/aromatic N) is 1. The van der Waals surface area contributed by atoms with Gasteiger partial charge in [0.2, 0.25) is 0 Å². The molecule has 2 aromatic carbocycles. The average molecular weight is 808 g/mol. The molecule has 0 aromatic heterocycles. The Morgan fingerprint density at radius 2 is 1.07 bits per heavy atom. The Bertz CT molecular complexity index is 891. The number of ether oxygens (including phenoxy) is 2. The number of unbranched alkanes of at least 4 members (excludes halogenated alkanes) is 5. The summed E-state index contributed by atoms with van der Waals surface area (Å²) in [7, 11) is 0. The fourth-order valence-corrected chi connectivity index (χ4v) is 4.76. The van der Waals surface area contributed by atoms with Gasteiger partial charge in [0.05, 0.1) is 12.2 Å². The number of aliphatic hydroxyl groups is 3. The summed E-state index contributed by atoms with van der Waals surface area (Å²) < 4.78 is 10.6. The largest absolute Gasteiger partial charge is 0.461 e. The van der Waals surface area contributed by atoms with Crippen LogP contribution in [0.3, 0.4) is 0 Å². The Balaban J connectivity index is 0.00000632. The smallest absolute Gasteiger partial charge is 0.306 e. The number of hydrogen-bond donors (Lipinski definition) is 3. The molecule has 0 aliphatic rings. The molecule has 0 saturated carbocycles. The van der Waals surface area contributed by atoms with Crippen LogP contribution >= 0.6 is 0 Å². The number of carbonyl (C=O) groups excluding carboxylic acids is 2. The number of aliphatic hydroxyl groups excluding tert-OH is 3. The van der Waals surface area contributed by atoms with Crippen molar-refractivity contribution in [3.8, 4) is 0 Å². The zero-order valence-corrected chi connectivity index (χ0v) is 29.8. The number of rotatable bonds is 24. The summed E-state index contributed by atoms with van der Waals surface area (Å²) in [6.45, 7) is 6.35. The van der Waals surface area contributed by atoms with E-state index in [0.29, 0.717) is 65.0 Å². The Morgan fingerprint density at radius 1 is 0.644 bits per heavy atom. The van der Waals surface area contributed by atoms with Gasteiger partial charge in [-0.15, -0.1) is 0 Å². The molecule has 0 amide bonds. The summed E-state index contributed by atoms with van der Waals surface area (Å²) in [6.07, 6.45) is 7.21. The second kappa shape index (κ2) is 29.3. The molecule has 8 nitrogen and oxygen atoms in total. The molecule has 2 rings (SSSR count). The Kier molecular flexibility index (Phi) is 27.9. The van der Waals surface area contributed by atoms with Gasteiger partial charge < -0.3 is 24.8 Å². The molecule has 257 valence electrons. The van der Waals surface area contributed by atoms with Crippen LogP contribution in [0.4, 0.5) is 0 Å². The standard InChI is InChI=1S/C34H51NO7.C2H6.Ir/c36-24-14-13-23-35(25-31(37)19-9-3-11-21-33(39)41-27-29-15-5-1-6-16-29)26-32(38)20-10-4-12-22-34(40)42-28-30-17-7-2-8-18-30;1-2;/h1-2,5-8,15-18,31-32,36-38H,3-4,9-14,19-28H2;1-2H3;. The van der Waals surface area contributed by atoms with E-state index in [0.717, 1.165) is 56.1 Å². The second-order valence-electron chi connectivity index (χ2n) is 11.0. The Morgan fingerprint density at radius 3 is 1.47 bits per heavy atom. The molecular weight excluding hydrogens is 751 g/mol. The van der Waals surface area contributed by atoms with E-state index < -0.39 is 12.2 Å². The molecule has 0 saturated heterocycles. The van der Waals surface area contributed by atoms with E-state index in [1.807, 2.05) is 74.5 Å². The molecule has 3 N–H and O–H groups in total. The molecule has 1 radical (unpaired) electrons. The van der Waals surface area contributed by atoms with Crippen LogP contribution in [0.5, 0.6) is 0 Å². The van der Waals surface area contributed by atoms with Crippen molar-refractivity contribution in [3.63, 3.8) is 0 Å². The molecular formula is C36H57IrNO7. The fraction of sp³-hybridized carbons (Fsp3) is 0.611. The van der Waals surface area contributed by atoms with Gasteiger partial charge in [0.1, 0.15) is 13.2 Å². The molecule has 0 aliphatic heterocycles. The summed E-state index contributed by atoms with van der Waals surface area (Å²) in [5.74, 6) is -0.405. The number of esters is 2. The van der Waals surface area contributed by atoms with Crippen LogP contribution in [0.25, 0.3) is 0 Å². The van der Waals surface area contributed by atoms with Crippen molar-refractivity contribution in [2.75, 3.05) is 26.2 Å². The van der Waals surface area contributed by atoms with E-state index in [9.17, 15) is 19.8 Å². The zero-order valence-electron chi connectivity index (χ0n) is 27.4.